The molecule has 1 aromatic carbocycles. The fourth-order valence-corrected chi connectivity index (χ4v) is 1.01. The van der Waals surface area contributed by atoms with Gasteiger partial charge in [-0.3, -0.25) is 0 Å². The fourth-order valence-electron chi connectivity index (χ4n) is 1.01. The fraction of sp³-hybridized carbons (Fsp3) is 0.200. The maximum absolute atomic E-state index is 9.36. The Bertz CT molecular complexity index is 279. The highest BCUT2D eigenvalue weighted by Crippen LogP contribution is 2.23. The molecule has 0 spiro atoms. The van der Waals surface area contributed by atoms with E-state index in [0.29, 0.717) is 6.42 Å². The van der Waals surface area contributed by atoms with E-state index < -0.39 is 0 Å². The van der Waals surface area contributed by atoms with Crippen molar-refractivity contribution in [1.29, 1.82) is 0 Å². The topological polar surface area (TPSA) is 29.5 Å². The van der Waals surface area contributed by atoms with Crippen LogP contribution in [-0.4, -0.2) is 12.2 Å². The summed E-state index contributed by atoms with van der Waals surface area (Å²) in [5.41, 5.74) is 0.837. The van der Waals surface area contributed by atoms with Gasteiger partial charge in [0.25, 0.3) is 0 Å². The quantitative estimate of drug-likeness (QED) is 0.693. The van der Waals surface area contributed by atoms with Gasteiger partial charge in [-0.15, -0.1) is 6.58 Å². The molecule has 0 bridgehead atoms. The predicted molar refractivity (Wildman–Crippen MR) is 48.6 cm³/mol. The van der Waals surface area contributed by atoms with Crippen LogP contribution in [0.3, 0.4) is 0 Å². The van der Waals surface area contributed by atoms with Crippen LogP contribution in [0.4, 0.5) is 0 Å². The average Bonchev–Trinajstić information content (AvgIpc) is 2.09. The van der Waals surface area contributed by atoms with Gasteiger partial charge in [0.05, 0.1) is 7.11 Å². The average molecular weight is 164 g/mol. The van der Waals surface area contributed by atoms with Crippen molar-refractivity contribution in [1.82, 2.24) is 0 Å². The van der Waals surface area contributed by atoms with Gasteiger partial charge in [0.2, 0.25) is 0 Å². The summed E-state index contributed by atoms with van der Waals surface area (Å²) in [6.45, 7) is 3.60. The molecule has 2 nitrogen and oxygen atoms in total. The van der Waals surface area contributed by atoms with Crippen LogP contribution in [0.5, 0.6) is 11.5 Å². The molecule has 0 saturated carbocycles. The summed E-state index contributed by atoms with van der Waals surface area (Å²) in [6, 6.07) is 5.15. The van der Waals surface area contributed by atoms with Crippen molar-refractivity contribution in [3.8, 4) is 11.5 Å². The van der Waals surface area contributed by atoms with E-state index in [0.717, 1.165) is 11.3 Å². The summed E-state index contributed by atoms with van der Waals surface area (Å²) in [7, 11) is 1.60. The van der Waals surface area contributed by atoms with Crippen LogP contribution < -0.4 is 4.74 Å². The lowest BCUT2D eigenvalue weighted by Crippen LogP contribution is -1.86. The molecule has 0 aliphatic carbocycles. The minimum absolute atomic E-state index is 0.288. The molecule has 0 aliphatic heterocycles. The number of ether oxygens (including phenoxy) is 1. The lowest BCUT2D eigenvalue weighted by atomic mass is 10.1. The van der Waals surface area contributed by atoms with Crippen LogP contribution in [-0.2, 0) is 6.42 Å². The number of phenols is 1. The zero-order chi connectivity index (χ0) is 8.97. The molecule has 0 radical (unpaired) electrons. The third kappa shape index (κ3) is 1.78. The van der Waals surface area contributed by atoms with Gasteiger partial charge in [0.15, 0.2) is 0 Å². The maximum atomic E-state index is 9.36. The van der Waals surface area contributed by atoms with Crippen LogP contribution >= 0.6 is 0 Å². The number of phenolic OH excluding ortho intramolecular Hbond substituents is 1. The molecule has 0 unspecified atom stereocenters. The molecule has 0 aliphatic rings. The molecule has 2 heteroatoms. The molecule has 1 aromatic rings. The Morgan fingerprint density at radius 2 is 2.33 bits per heavy atom. The van der Waals surface area contributed by atoms with Gasteiger partial charge < -0.3 is 9.84 Å². The van der Waals surface area contributed by atoms with Gasteiger partial charge in [-0.2, -0.15) is 0 Å². The minimum atomic E-state index is 0.288. The second-order valence-corrected chi connectivity index (χ2v) is 2.49. The Labute approximate surface area is 72.1 Å². The number of benzene rings is 1. The van der Waals surface area contributed by atoms with Crippen LogP contribution in [0.1, 0.15) is 5.56 Å². The third-order valence-corrected chi connectivity index (χ3v) is 1.65. The molecule has 0 aromatic heterocycles. The van der Waals surface area contributed by atoms with Crippen molar-refractivity contribution in [3.05, 3.63) is 36.4 Å². The Morgan fingerprint density at radius 1 is 1.58 bits per heavy atom. The highest BCUT2D eigenvalue weighted by molar-refractivity contribution is 5.40. The van der Waals surface area contributed by atoms with E-state index in [2.05, 4.69) is 6.58 Å². The first-order valence-corrected chi connectivity index (χ1v) is 3.74. The molecule has 0 fully saturated rings. The Kier molecular flexibility index (Phi) is 2.75. The van der Waals surface area contributed by atoms with Crippen LogP contribution in [0.15, 0.2) is 30.9 Å². The zero-order valence-electron chi connectivity index (χ0n) is 7.08. The number of allylic oxidation sites excluding steroid dienone is 1. The minimum Gasteiger partial charge on any atom is -0.508 e. The smallest absolute Gasteiger partial charge is 0.119 e. The molecular weight excluding hydrogens is 152 g/mol. The number of methoxy groups -OCH3 is 1. The monoisotopic (exact) mass is 164 g/mol. The van der Waals surface area contributed by atoms with Crippen LogP contribution in [0.25, 0.3) is 0 Å². The SMILES string of the molecule is C=CCc1cc(OC)ccc1O. The molecule has 1 rings (SSSR count). The molecule has 64 valence electrons. The lowest BCUT2D eigenvalue weighted by molar-refractivity contribution is 0.411. The number of rotatable bonds is 3. The summed E-state index contributed by atoms with van der Waals surface area (Å²) in [5, 5.41) is 9.36. The highest BCUT2D eigenvalue weighted by atomic mass is 16.5. The first-order valence-electron chi connectivity index (χ1n) is 3.74. The van der Waals surface area contributed by atoms with Crippen molar-refractivity contribution >= 4 is 0 Å². The summed E-state index contributed by atoms with van der Waals surface area (Å²) in [5.74, 6) is 1.04. The second-order valence-electron chi connectivity index (χ2n) is 2.49. The van der Waals surface area contributed by atoms with Crippen LogP contribution in [0, 0.1) is 0 Å². The summed E-state index contributed by atoms with van der Waals surface area (Å²) in [4.78, 5) is 0. The normalized spacial score (nSPS) is 9.42. The van der Waals surface area contributed by atoms with Gasteiger partial charge in [-0.05, 0) is 24.6 Å². The summed E-state index contributed by atoms with van der Waals surface area (Å²) in [6.07, 6.45) is 2.40. The standard InChI is InChI=1S/C10H12O2/c1-3-4-8-7-9(12-2)5-6-10(8)11/h3,5-7,11H,1,4H2,2H3. The third-order valence-electron chi connectivity index (χ3n) is 1.65. The van der Waals surface area contributed by atoms with E-state index in [-0.39, 0.29) is 5.75 Å². The molecule has 12 heavy (non-hydrogen) atoms. The second kappa shape index (κ2) is 3.81. The van der Waals surface area contributed by atoms with E-state index in [1.807, 2.05) is 0 Å². The van der Waals surface area contributed by atoms with Crippen molar-refractivity contribution in [3.63, 3.8) is 0 Å². The number of aromatic hydroxyl groups is 1. The largest absolute Gasteiger partial charge is 0.508 e. The van der Waals surface area contributed by atoms with Gasteiger partial charge in [0, 0.05) is 5.56 Å². The zero-order valence-corrected chi connectivity index (χ0v) is 7.08. The maximum Gasteiger partial charge on any atom is 0.119 e. The lowest BCUT2D eigenvalue weighted by Gasteiger charge is -2.04. The molecule has 0 amide bonds. The molecule has 0 saturated heterocycles. The van der Waals surface area contributed by atoms with E-state index >= 15 is 0 Å². The van der Waals surface area contributed by atoms with Gasteiger partial charge in [-0.25, -0.2) is 0 Å². The number of hydrogen-bond donors (Lipinski definition) is 1. The van der Waals surface area contributed by atoms with Crippen molar-refractivity contribution in [2.24, 2.45) is 0 Å². The van der Waals surface area contributed by atoms with E-state index in [1.165, 1.54) is 0 Å². The van der Waals surface area contributed by atoms with Crippen molar-refractivity contribution < 1.29 is 9.84 Å². The highest BCUT2D eigenvalue weighted by Gasteiger charge is 2.00. The Morgan fingerprint density at radius 3 is 2.92 bits per heavy atom. The van der Waals surface area contributed by atoms with E-state index in [9.17, 15) is 5.11 Å². The summed E-state index contributed by atoms with van der Waals surface area (Å²) < 4.78 is 5.01. The first-order chi connectivity index (χ1) is 5.77. The molecule has 1 N–H and O–H groups in total. The molecule has 0 atom stereocenters. The van der Waals surface area contributed by atoms with Crippen molar-refractivity contribution in [2.45, 2.75) is 6.42 Å². The first kappa shape index (κ1) is 8.65. The van der Waals surface area contributed by atoms with Crippen molar-refractivity contribution in [2.75, 3.05) is 7.11 Å². The van der Waals surface area contributed by atoms with E-state index in [4.69, 9.17) is 4.74 Å². The predicted octanol–water partition coefficient (Wildman–Crippen LogP) is 2.13. The van der Waals surface area contributed by atoms with Gasteiger partial charge >= 0.3 is 0 Å². The van der Waals surface area contributed by atoms with Gasteiger partial charge in [-0.1, -0.05) is 6.08 Å². The molecule has 0 heterocycles. The van der Waals surface area contributed by atoms with Gasteiger partial charge in [0.1, 0.15) is 11.5 Å². The van der Waals surface area contributed by atoms with E-state index in [1.54, 1.807) is 31.4 Å². The summed E-state index contributed by atoms with van der Waals surface area (Å²) >= 11 is 0. The Hall–Kier alpha value is -1.44. The number of hydrogen-bond acceptors (Lipinski definition) is 2. The Balaban J connectivity index is 2.99. The molecular formula is C10H12O2. The van der Waals surface area contributed by atoms with Crippen LogP contribution in [0.2, 0.25) is 0 Å².